The summed E-state index contributed by atoms with van der Waals surface area (Å²) in [5.41, 5.74) is 1.94. The van der Waals surface area contributed by atoms with Crippen LogP contribution in [0.2, 0.25) is 0 Å². The summed E-state index contributed by atoms with van der Waals surface area (Å²) in [4.78, 5) is 27.0. The van der Waals surface area contributed by atoms with E-state index >= 15 is 0 Å². The number of carbonyl (C=O) groups excluding carboxylic acids is 1. The number of para-hydroxylation sites is 1. The van der Waals surface area contributed by atoms with Gasteiger partial charge in [0.25, 0.3) is 5.69 Å². The number of primary sulfonamides is 1. The van der Waals surface area contributed by atoms with E-state index in [0.29, 0.717) is 6.54 Å². The Labute approximate surface area is 193 Å². The fourth-order valence-corrected chi connectivity index (χ4v) is 4.45. The molecule has 0 aromatic heterocycles. The number of sulfonamides is 1. The van der Waals surface area contributed by atoms with E-state index in [1.165, 1.54) is 31.4 Å². The van der Waals surface area contributed by atoms with Crippen LogP contribution in [-0.2, 0) is 21.4 Å². The highest BCUT2D eigenvalue weighted by atomic mass is 32.2. The quantitative estimate of drug-likeness (QED) is 0.420. The summed E-state index contributed by atoms with van der Waals surface area (Å²) in [7, 11) is -2.32. The average Bonchev–Trinajstić information content (AvgIpc) is 2.79. The number of benzene rings is 2. The molecule has 0 bridgehead atoms. The van der Waals surface area contributed by atoms with Crippen molar-refractivity contribution in [3.8, 4) is 0 Å². The maximum absolute atomic E-state index is 12.7. The number of piperidine rings is 1. The van der Waals surface area contributed by atoms with E-state index in [0.717, 1.165) is 30.4 Å². The summed E-state index contributed by atoms with van der Waals surface area (Å²) in [6.07, 6.45) is 3.70. The number of nitro groups is 1. The van der Waals surface area contributed by atoms with Crippen LogP contribution in [0.25, 0.3) is 0 Å². The maximum atomic E-state index is 12.7. The molecular weight excluding hydrogens is 446 g/mol. The lowest BCUT2D eigenvalue weighted by Gasteiger charge is -2.31. The van der Waals surface area contributed by atoms with Gasteiger partial charge in [-0.2, -0.15) is 0 Å². The van der Waals surface area contributed by atoms with E-state index in [2.05, 4.69) is 16.3 Å². The van der Waals surface area contributed by atoms with Gasteiger partial charge in [0.15, 0.2) is 0 Å². The van der Waals surface area contributed by atoms with Crippen LogP contribution >= 0.6 is 0 Å². The molecule has 3 rings (SSSR count). The second-order valence-electron chi connectivity index (χ2n) is 8.08. The van der Waals surface area contributed by atoms with Gasteiger partial charge in [-0.25, -0.2) is 13.6 Å². The number of amides is 1. The number of anilines is 2. The Bertz CT molecular complexity index is 1120. The van der Waals surface area contributed by atoms with Crippen LogP contribution in [0, 0.1) is 10.1 Å². The van der Waals surface area contributed by atoms with Crippen molar-refractivity contribution in [2.75, 3.05) is 36.9 Å². The minimum absolute atomic E-state index is 0.111. The van der Waals surface area contributed by atoms with Crippen molar-refractivity contribution < 1.29 is 18.1 Å². The number of nitrogens with zero attached hydrogens (tertiary/aromatic N) is 3. The molecule has 3 N–H and O–H groups in total. The molecule has 0 atom stereocenters. The van der Waals surface area contributed by atoms with E-state index in [1.807, 2.05) is 18.2 Å². The summed E-state index contributed by atoms with van der Waals surface area (Å²) in [6.45, 7) is 2.66. The molecule has 1 fully saturated rings. The zero-order valence-electron chi connectivity index (χ0n) is 18.6. The Kier molecular flexibility index (Phi) is 7.88. The first kappa shape index (κ1) is 24.5. The van der Waals surface area contributed by atoms with Crippen molar-refractivity contribution in [1.82, 2.24) is 4.90 Å². The third-order valence-corrected chi connectivity index (χ3v) is 6.58. The molecule has 0 saturated carbocycles. The van der Waals surface area contributed by atoms with Crippen LogP contribution in [0.3, 0.4) is 0 Å². The normalized spacial score (nSPS) is 14.1. The van der Waals surface area contributed by atoms with Gasteiger partial charge in [-0.05, 0) is 43.0 Å². The van der Waals surface area contributed by atoms with Crippen molar-refractivity contribution in [3.05, 3.63) is 58.1 Å². The smallest absolute Gasteiger partial charge is 0.293 e. The molecule has 178 valence electrons. The van der Waals surface area contributed by atoms with Crippen LogP contribution in [0.4, 0.5) is 17.1 Å². The summed E-state index contributed by atoms with van der Waals surface area (Å²) in [5.74, 6) is -0.111. The number of rotatable bonds is 9. The predicted molar refractivity (Wildman–Crippen MR) is 127 cm³/mol. The van der Waals surface area contributed by atoms with Gasteiger partial charge >= 0.3 is 0 Å². The van der Waals surface area contributed by atoms with Gasteiger partial charge in [-0.3, -0.25) is 14.9 Å². The van der Waals surface area contributed by atoms with Crippen molar-refractivity contribution in [2.45, 2.75) is 37.1 Å². The Hall–Kier alpha value is -3.18. The molecule has 1 saturated heterocycles. The van der Waals surface area contributed by atoms with E-state index in [9.17, 15) is 23.3 Å². The summed E-state index contributed by atoms with van der Waals surface area (Å²) >= 11 is 0. The molecule has 0 radical (unpaired) electrons. The second kappa shape index (κ2) is 10.6. The molecule has 1 aliphatic heterocycles. The highest BCUT2D eigenvalue weighted by molar-refractivity contribution is 7.89. The Morgan fingerprint density at radius 3 is 2.55 bits per heavy atom. The fourth-order valence-electron chi connectivity index (χ4n) is 3.92. The first-order valence-electron chi connectivity index (χ1n) is 10.8. The molecule has 33 heavy (non-hydrogen) atoms. The molecule has 0 aliphatic carbocycles. The van der Waals surface area contributed by atoms with Gasteiger partial charge in [-0.1, -0.05) is 18.2 Å². The molecule has 1 amide bonds. The number of hydrogen-bond acceptors (Lipinski definition) is 7. The fraction of sp³-hybridized carbons (Fsp3) is 0.409. The van der Waals surface area contributed by atoms with Crippen molar-refractivity contribution in [1.29, 1.82) is 0 Å². The third kappa shape index (κ3) is 6.42. The Morgan fingerprint density at radius 1 is 1.18 bits per heavy atom. The highest BCUT2D eigenvalue weighted by Gasteiger charge is 2.20. The van der Waals surface area contributed by atoms with Gasteiger partial charge in [0.05, 0.1) is 9.82 Å². The number of nitro benzene ring substituents is 1. The topological polar surface area (TPSA) is 139 Å². The van der Waals surface area contributed by atoms with E-state index in [1.54, 1.807) is 11.9 Å². The van der Waals surface area contributed by atoms with Crippen LogP contribution in [0.1, 0.15) is 31.2 Å². The summed E-state index contributed by atoms with van der Waals surface area (Å²) in [5, 5.41) is 19.2. The minimum Gasteiger partial charge on any atom is -0.379 e. The van der Waals surface area contributed by atoms with Crippen molar-refractivity contribution >= 4 is 33.0 Å². The molecule has 2 aromatic carbocycles. The second-order valence-corrected chi connectivity index (χ2v) is 9.65. The standard InChI is InChI=1S/C22H29N5O5S/c1-25(16-17-7-3-4-8-20(17)26-13-5-2-6-14-26)22(28)11-12-24-19-10-9-18(33(23,31)32)15-21(19)27(29)30/h3-4,7-10,15,24H,2,5-6,11-14,16H2,1H3,(H2,23,31,32). The Balaban J connectivity index is 1.60. The lowest BCUT2D eigenvalue weighted by molar-refractivity contribution is -0.384. The molecule has 11 heteroatoms. The molecule has 1 aliphatic rings. The lowest BCUT2D eigenvalue weighted by Crippen LogP contribution is -2.32. The Morgan fingerprint density at radius 2 is 1.88 bits per heavy atom. The van der Waals surface area contributed by atoms with Crippen molar-refractivity contribution in [3.63, 3.8) is 0 Å². The first-order valence-corrected chi connectivity index (χ1v) is 12.3. The van der Waals surface area contributed by atoms with Gasteiger partial charge in [0.1, 0.15) is 5.69 Å². The monoisotopic (exact) mass is 475 g/mol. The molecule has 10 nitrogen and oxygen atoms in total. The van der Waals surface area contributed by atoms with E-state index in [-0.39, 0.29) is 29.5 Å². The maximum Gasteiger partial charge on any atom is 0.293 e. The average molecular weight is 476 g/mol. The number of nitrogens with two attached hydrogens (primary N) is 1. The predicted octanol–water partition coefficient (Wildman–Crippen LogP) is 2.69. The highest BCUT2D eigenvalue weighted by Crippen LogP contribution is 2.27. The van der Waals surface area contributed by atoms with Crippen LogP contribution in [0.15, 0.2) is 47.4 Å². The molecular formula is C22H29N5O5S. The van der Waals surface area contributed by atoms with Crippen LogP contribution in [-0.4, -0.2) is 50.8 Å². The molecule has 0 spiro atoms. The van der Waals surface area contributed by atoms with Crippen molar-refractivity contribution in [2.24, 2.45) is 5.14 Å². The van der Waals surface area contributed by atoms with Gasteiger partial charge in [0.2, 0.25) is 15.9 Å². The first-order chi connectivity index (χ1) is 15.7. The molecule has 2 aromatic rings. The van der Waals surface area contributed by atoms with E-state index in [4.69, 9.17) is 5.14 Å². The van der Waals surface area contributed by atoms with E-state index < -0.39 is 20.6 Å². The van der Waals surface area contributed by atoms with Gasteiger partial charge < -0.3 is 15.1 Å². The largest absolute Gasteiger partial charge is 0.379 e. The van der Waals surface area contributed by atoms with Gasteiger partial charge in [-0.15, -0.1) is 0 Å². The number of carbonyl (C=O) groups is 1. The number of hydrogen-bond donors (Lipinski definition) is 2. The summed E-state index contributed by atoms with van der Waals surface area (Å²) < 4.78 is 22.9. The third-order valence-electron chi connectivity index (χ3n) is 5.67. The zero-order chi connectivity index (χ0) is 24.0. The molecule has 1 heterocycles. The van der Waals surface area contributed by atoms with Crippen LogP contribution in [0.5, 0.6) is 0 Å². The zero-order valence-corrected chi connectivity index (χ0v) is 19.4. The number of nitrogens with one attached hydrogen (secondary N) is 1. The minimum atomic E-state index is -4.06. The molecule has 0 unspecified atom stereocenters. The SMILES string of the molecule is CN(Cc1ccccc1N1CCCCC1)C(=O)CCNc1ccc(S(N)(=O)=O)cc1[N+](=O)[O-]. The summed E-state index contributed by atoms with van der Waals surface area (Å²) in [6, 6.07) is 11.5. The van der Waals surface area contributed by atoms with Crippen LogP contribution < -0.4 is 15.4 Å². The van der Waals surface area contributed by atoms with Gasteiger partial charge in [0, 0.05) is 51.4 Å². The lowest BCUT2D eigenvalue weighted by atomic mass is 10.1.